The molecule has 0 saturated carbocycles. The Labute approximate surface area is 89.2 Å². The van der Waals surface area contributed by atoms with Gasteiger partial charge >= 0.3 is 0 Å². The van der Waals surface area contributed by atoms with E-state index in [-0.39, 0.29) is 11.9 Å². The number of hydrogen-bond acceptors (Lipinski definition) is 3. The molecule has 1 aliphatic rings. The van der Waals surface area contributed by atoms with Crippen LogP contribution in [-0.2, 0) is 23.0 Å². The van der Waals surface area contributed by atoms with E-state index in [1.165, 1.54) is 0 Å². The average molecular weight is 208 g/mol. The Bertz CT molecular complexity index is 340. The first kappa shape index (κ1) is 10.4. The molecule has 0 amide bonds. The average Bonchev–Trinajstić information content (AvgIpc) is 2.65. The molecule has 1 atom stereocenters. The van der Waals surface area contributed by atoms with E-state index in [9.17, 15) is 4.79 Å². The number of ketones is 1. The van der Waals surface area contributed by atoms with Crippen molar-refractivity contribution in [3.63, 3.8) is 0 Å². The van der Waals surface area contributed by atoms with Crippen molar-refractivity contribution in [3.8, 4) is 0 Å². The largest absolute Gasteiger partial charge is 0.370 e. The number of ether oxygens (including phenoxy) is 1. The number of carbonyl (C=O) groups is 1. The van der Waals surface area contributed by atoms with Crippen molar-refractivity contribution >= 4 is 5.78 Å². The molecule has 1 aromatic rings. The van der Waals surface area contributed by atoms with Crippen LogP contribution in [0.25, 0.3) is 0 Å². The van der Waals surface area contributed by atoms with E-state index in [0.29, 0.717) is 6.42 Å². The zero-order chi connectivity index (χ0) is 10.7. The zero-order valence-corrected chi connectivity index (χ0v) is 8.98. The summed E-state index contributed by atoms with van der Waals surface area (Å²) in [5.74, 6) is 0.183. The Morgan fingerprint density at radius 1 is 1.67 bits per heavy atom. The Hall–Kier alpha value is -1.16. The molecule has 15 heavy (non-hydrogen) atoms. The molecule has 0 spiro atoms. The number of carbonyl (C=O) groups excluding carboxylic acids is 1. The predicted molar refractivity (Wildman–Crippen MR) is 55.5 cm³/mol. The van der Waals surface area contributed by atoms with E-state index < -0.39 is 0 Å². The molecule has 1 unspecified atom stereocenters. The normalized spacial score (nSPS) is 21.5. The number of nitrogens with zero attached hydrogens (tertiary/aromatic N) is 2. The second-order valence-electron chi connectivity index (χ2n) is 4.02. The van der Waals surface area contributed by atoms with Crippen LogP contribution in [0.1, 0.15) is 24.8 Å². The van der Waals surface area contributed by atoms with Crippen LogP contribution in [0.4, 0.5) is 0 Å². The molecule has 0 bridgehead atoms. The van der Waals surface area contributed by atoms with Gasteiger partial charge in [-0.25, -0.2) is 0 Å². The maximum absolute atomic E-state index is 11.8. The summed E-state index contributed by atoms with van der Waals surface area (Å²) in [4.78, 5) is 11.8. The monoisotopic (exact) mass is 208 g/mol. The van der Waals surface area contributed by atoms with Gasteiger partial charge in [0.05, 0.1) is 6.20 Å². The summed E-state index contributed by atoms with van der Waals surface area (Å²) in [6, 6.07) is 0. The molecule has 4 heteroatoms. The first-order valence-electron chi connectivity index (χ1n) is 5.37. The quantitative estimate of drug-likeness (QED) is 0.747. The first-order chi connectivity index (χ1) is 7.25. The number of aryl methyl sites for hydroxylation is 1. The Morgan fingerprint density at radius 2 is 2.53 bits per heavy atom. The van der Waals surface area contributed by atoms with Crippen molar-refractivity contribution in [2.24, 2.45) is 7.05 Å². The summed E-state index contributed by atoms with van der Waals surface area (Å²) in [5.41, 5.74) is 0.969. The lowest BCUT2D eigenvalue weighted by atomic mass is 10.0. The summed E-state index contributed by atoms with van der Waals surface area (Å²) in [5, 5.41) is 4.04. The highest BCUT2D eigenvalue weighted by Crippen LogP contribution is 2.15. The molecule has 0 N–H and O–H groups in total. The Balaban J connectivity index is 1.91. The topological polar surface area (TPSA) is 44.1 Å². The van der Waals surface area contributed by atoms with Crippen molar-refractivity contribution in [1.82, 2.24) is 9.78 Å². The van der Waals surface area contributed by atoms with Crippen LogP contribution in [-0.4, -0.2) is 28.3 Å². The minimum absolute atomic E-state index is 0.182. The van der Waals surface area contributed by atoms with Gasteiger partial charge in [0, 0.05) is 26.3 Å². The smallest absolute Gasteiger partial charge is 0.166 e. The summed E-state index contributed by atoms with van der Waals surface area (Å²) >= 11 is 0. The van der Waals surface area contributed by atoms with Crippen molar-refractivity contribution in [3.05, 3.63) is 18.0 Å². The summed E-state index contributed by atoms with van der Waals surface area (Å²) in [6.45, 7) is 0.726. The molecule has 4 nitrogen and oxygen atoms in total. The highest BCUT2D eigenvalue weighted by atomic mass is 16.5. The Kier molecular flexibility index (Phi) is 3.16. The summed E-state index contributed by atoms with van der Waals surface area (Å²) < 4.78 is 7.15. The van der Waals surface area contributed by atoms with Crippen LogP contribution in [0.15, 0.2) is 12.4 Å². The van der Waals surface area contributed by atoms with Crippen LogP contribution in [0.2, 0.25) is 0 Å². The molecule has 1 aromatic heterocycles. The molecule has 82 valence electrons. The van der Waals surface area contributed by atoms with Crippen LogP contribution in [0.3, 0.4) is 0 Å². The molecule has 0 aromatic carbocycles. The van der Waals surface area contributed by atoms with E-state index in [4.69, 9.17) is 4.74 Å². The van der Waals surface area contributed by atoms with Gasteiger partial charge in [0.25, 0.3) is 0 Å². The van der Waals surface area contributed by atoms with Gasteiger partial charge in [0.1, 0.15) is 6.10 Å². The maximum atomic E-state index is 11.8. The lowest BCUT2D eigenvalue weighted by molar-refractivity contribution is -0.132. The van der Waals surface area contributed by atoms with Gasteiger partial charge < -0.3 is 4.74 Å². The molecule has 1 saturated heterocycles. The van der Waals surface area contributed by atoms with Crippen molar-refractivity contribution in [2.75, 3.05) is 6.61 Å². The molecule has 0 radical (unpaired) electrons. The van der Waals surface area contributed by atoms with Gasteiger partial charge in [-0.3, -0.25) is 9.48 Å². The van der Waals surface area contributed by atoms with Crippen molar-refractivity contribution in [1.29, 1.82) is 0 Å². The molecular formula is C11H16N2O2. The second kappa shape index (κ2) is 4.57. The third kappa shape index (κ3) is 2.65. The van der Waals surface area contributed by atoms with E-state index in [1.807, 2.05) is 13.2 Å². The highest BCUT2D eigenvalue weighted by molar-refractivity contribution is 5.85. The SMILES string of the molecule is Cn1cc(CC(=O)C2CCCCO2)cn1. The third-order valence-electron chi connectivity index (χ3n) is 2.68. The highest BCUT2D eigenvalue weighted by Gasteiger charge is 2.21. The van der Waals surface area contributed by atoms with Crippen LogP contribution in [0, 0.1) is 0 Å². The van der Waals surface area contributed by atoms with E-state index in [2.05, 4.69) is 5.10 Å². The minimum atomic E-state index is -0.182. The molecular weight excluding hydrogens is 192 g/mol. The lowest BCUT2D eigenvalue weighted by Crippen LogP contribution is -2.29. The van der Waals surface area contributed by atoms with E-state index in [1.54, 1.807) is 10.9 Å². The van der Waals surface area contributed by atoms with Crippen LogP contribution in [0.5, 0.6) is 0 Å². The Morgan fingerprint density at radius 3 is 3.13 bits per heavy atom. The van der Waals surface area contributed by atoms with Gasteiger partial charge in [-0.05, 0) is 24.8 Å². The van der Waals surface area contributed by atoms with Gasteiger partial charge in [-0.1, -0.05) is 0 Å². The number of rotatable bonds is 3. The fourth-order valence-electron chi connectivity index (χ4n) is 1.87. The fraction of sp³-hybridized carbons (Fsp3) is 0.636. The molecule has 1 aliphatic heterocycles. The van der Waals surface area contributed by atoms with Gasteiger partial charge in [0.15, 0.2) is 5.78 Å². The van der Waals surface area contributed by atoms with E-state index >= 15 is 0 Å². The lowest BCUT2D eigenvalue weighted by Gasteiger charge is -2.20. The van der Waals surface area contributed by atoms with Gasteiger partial charge in [0.2, 0.25) is 0 Å². The van der Waals surface area contributed by atoms with Gasteiger partial charge in [-0.2, -0.15) is 5.10 Å². The standard InChI is InChI=1S/C11H16N2O2/c1-13-8-9(7-12-13)6-10(14)11-4-2-3-5-15-11/h7-8,11H,2-6H2,1H3. The number of hydrogen-bond donors (Lipinski definition) is 0. The summed E-state index contributed by atoms with van der Waals surface area (Å²) in [7, 11) is 1.85. The number of Topliss-reactive ketones (excluding diaryl/α,β-unsaturated/α-hetero) is 1. The summed E-state index contributed by atoms with van der Waals surface area (Å²) in [6.07, 6.45) is 6.93. The fourth-order valence-corrected chi connectivity index (χ4v) is 1.87. The van der Waals surface area contributed by atoms with Crippen LogP contribution >= 0.6 is 0 Å². The predicted octanol–water partition coefficient (Wildman–Crippen LogP) is 1.10. The first-order valence-corrected chi connectivity index (χ1v) is 5.37. The van der Waals surface area contributed by atoms with Gasteiger partial charge in [-0.15, -0.1) is 0 Å². The minimum Gasteiger partial charge on any atom is -0.370 e. The van der Waals surface area contributed by atoms with Crippen molar-refractivity contribution in [2.45, 2.75) is 31.8 Å². The van der Waals surface area contributed by atoms with E-state index in [0.717, 1.165) is 31.4 Å². The maximum Gasteiger partial charge on any atom is 0.166 e. The third-order valence-corrected chi connectivity index (χ3v) is 2.68. The van der Waals surface area contributed by atoms with Crippen LogP contribution < -0.4 is 0 Å². The molecule has 2 heterocycles. The molecule has 2 rings (SSSR count). The zero-order valence-electron chi connectivity index (χ0n) is 8.98. The number of aromatic nitrogens is 2. The molecule has 0 aliphatic carbocycles. The molecule has 1 fully saturated rings. The second-order valence-corrected chi connectivity index (χ2v) is 4.02. The van der Waals surface area contributed by atoms with Crippen molar-refractivity contribution < 1.29 is 9.53 Å².